The maximum atomic E-state index is 10.6. The largest absolute Gasteiger partial charge is 0.481 e. The van der Waals surface area contributed by atoms with E-state index in [1.54, 1.807) is 0 Å². The van der Waals surface area contributed by atoms with Gasteiger partial charge in [0.25, 0.3) is 0 Å². The average Bonchev–Trinajstić information content (AvgIpc) is 2.04. The molecule has 0 fully saturated rings. The molecule has 0 heterocycles. The zero-order valence-corrected chi connectivity index (χ0v) is 6.49. The van der Waals surface area contributed by atoms with E-state index in [0.717, 1.165) is 6.42 Å². The van der Waals surface area contributed by atoms with Gasteiger partial charge in [-0.25, -0.2) is 4.79 Å². The van der Waals surface area contributed by atoms with Crippen molar-refractivity contribution in [2.24, 2.45) is 5.92 Å². The molecule has 2 N–H and O–H groups in total. The lowest BCUT2D eigenvalue weighted by Crippen LogP contribution is -2.23. The van der Waals surface area contributed by atoms with Crippen LogP contribution in [-0.2, 0) is 9.59 Å². The Morgan fingerprint density at radius 3 is 2.38 bits per heavy atom. The van der Waals surface area contributed by atoms with Gasteiger partial charge in [0.1, 0.15) is 0 Å². The fourth-order valence-corrected chi connectivity index (χ4v) is 1.37. The second-order valence-electron chi connectivity index (χ2n) is 2.79. The number of carboxylic acids is 2. The minimum absolute atomic E-state index is 0. The van der Waals surface area contributed by atoms with Crippen LogP contribution in [0.3, 0.4) is 0 Å². The molecular weight excluding hydrogens is 184 g/mol. The van der Waals surface area contributed by atoms with Crippen LogP contribution < -0.4 is 0 Å². The number of allylic oxidation sites excluding steroid dienone is 1. The molecule has 1 rings (SSSR count). The summed E-state index contributed by atoms with van der Waals surface area (Å²) in [6.07, 6.45) is 3.37. The van der Waals surface area contributed by atoms with Gasteiger partial charge in [-0.2, -0.15) is 0 Å². The van der Waals surface area contributed by atoms with Gasteiger partial charge in [0.2, 0.25) is 0 Å². The molecule has 0 bridgehead atoms. The molecule has 0 saturated heterocycles. The molecule has 5 heteroatoms. The maximum Gasteiger partial charge on any atom is 0.332 e. The van der Waals surface area contributed by atoms with Crippen LogP contribution in [0.2, 0.25) is 0 Å². The molecule has 0 saturated carbocycles. The van der Waals surface area contributed by atoms with Crippen LogP contribution in [0, 0.1) is 5.92 Å². The third kappa shape index (κ3) is 3.00. The number of hydrogen-bond donors (Lipinski definition) is 2. The van der Waals surface area contributed by atoms with Crippen molar-refractivity contribution in [3.8, 4) is 0 Å². The molecule has 0 aromatic rings. The van der Waals surface area contributed by atoms with E-state index in [-0.39, 0.29) is 28.6 Å². The van der Waals surface area contributed by atoms with Crippen LogP contribution in [0.5, 0.6) is 0 Å². The minimum atomic E-state index is -1.11. The third-order valence-electron chi connectivity index (χ3n) is 1.98. The van der Waals surface area contributed by atoms with Gasteiger partial charge in [0.05, 0.1) is 5.92 Å². The summed E-state index contributed by atoms with van der Waals surface area (Å²) < 4.78 is 0. The first-order valence-corrected chi connectivity index (χ1v) is 3.79. The van der Waals surface area contributed by atoms with Crippen molar-refractivity contribution in [1.29, 1.82) is 0 Å². The molecule has 4 nitrogen and oxygen atoms in total. The van der Waals surface area contributed by atoms with E-state index in [1.165, 1.54) is 6.08 Å². The van der Waals surface area contributed by atoms with Gasteiger partial charge in [-0.3, -0.25) is 4.79 Å². The molecule has 0 amide bonds. The summed E-state index contributed by atoms with van der Waals surface area (Å²) in [4.78, 5) is 21.1. The van der Waals surface area contributed by atoms with Gasteiger partial charge < -0.3 is 10.2 Å². The van der Waals surface area contributed by atoms with Crippen molar-refractivity contribution < 1.29 is 19.8 Å². The van der Waals surface area contributed by atoms with Gasteiger partial charge in [-0.05, 0) is 19.3 Å². The second kappa shape index (κ2) is 5.24. The van der Waals surface area contributed by atoms with Crippen LogP contribution in [0.4, 0.5) is 0 Å². The standard InChI is InChI=1S/C8H10O4.Mg.2H/c9-7(10)5-3-1-2-4-6(5)8(11)12;;;/h3,6H,1-2,4H2,(H,9,10)(H,11,12);;;. The fourth-order valence-electron chi connectivity index (χ4n) is 1.37. The molecular formula is C8H12MgO4. The highest BCUT2D eigenvalue weighted by Gasteiger charge is 2.28. The Labute approximate surface area is 91.8 Å². The molecule has 0 aromatic carbocycles. The van der Waals surface area contributed by atoms with Crippen molar-refractivity contribution >= 4 is 35.0 Å². The lowest BCUT2D eigenvalue weighted by atomic mass is 9.88. The Hall–Kier alpha value is -0.554. The van der Waals surface area contributed by atoms with Crippen LogP contribution in [0.15, 0.2) is 11.6 Å². The Morgan fingerprint density at radius 2 is 2.00 bits per heavy atom. The second-order valence-corrected chi connectivity index (χ2v) is 2.79. The Morgan fingerprint density at radius 1 is 1.38 bits per heavy atom. The van der Waals surface area contributed by atoms with Crippen LogP contribution >= 0.6 is 0 Å². The first kappa shape index (κ1) is 12.4. The molecule has 1 unspecified atom stereocenters. The predicted molar refractivity (Wildman–Crippen MR) is 49.2 cm³/mol. The van der Waals surface area contributed by atoms with Gasteiger partial charge in [-0.15, -0.1) is 0 Å². The molecule has 0 aromatic heterocycles. The number of carbonyl (C=O) groups is 2. The zero-order valence-electron chi connectivity index (χ0n) is 6.49. The van der Waals surface area contributed by atoms with Crippen LogP contribution in [0.25, 0.3) is 0 Å². The van der Waals surface area contributed by atoms with E-state index in [2.05, 4.69) is 0 Å². The molecule has 0 radical (unpaired) electrons. The number of hydrogen-bond acceptors (Lipinski definition) is 2. The van der Waals surface area contributed by atoms with Crippen molar-refractivity contribution in [3.63, 3.8) is 0 Å². The highest BCUT2D eigenvalue weighted by Crippen LogP contribution is 2.24. The van der Waals surface area contributed by atoms with Crippen LogP contribution in [-0.4, -0.2) is 45.2 Å². The maximum absolute atomic E-state index is 10.6. The van der Waals surface area contributed by atoms with E-state index in [1.807, 2.05) is 0 Å². The number of carboxylic acid groups (broad SMARTS) is 2. The third-order valence-corrected chi connectivity index (χ3v) is 1.98. The Balaban J connectivity index is 0.00000144. The fraction of sp³-hybridized carbons (Fsp3) is 0.500. The summed E-state index contributed by atoms with van der Waals surface area (Å²) in [5.41, 5.74) is 0.0359. The molecule has 1 aliphatic rings. The van der Waals surface area contributed by atoms with E-state index < -0.39 is 17.9 Å². The summed E-state index contributed by atoms with van der Waals surface area (Å²) in [7, 11) is 0. The molecule has 0 aliphatic heterocycles. The lowest BCUT2D eigenvalue weighted by Gasteiger charge is -2.16. The minimum Gasteiger partial charge on any atom is -0.481 e. The Kier molecular flexibility index (Phi) is 5.01. The van der Waals surface area contributed by atoms with Gasteiger partial charge in [0, 0.05) is 5.57 Å². The van der Waals surface area contributed by atoms with E-state index in [0.29, 0.717) is 12.8 Å². The van der Waals surface area contributed by atoms with Gasteiger partial charge in [0.15, 0.2) is 0 Å². The summed E-state index contributed by atoms with van der Waals surface area (Å²) in [5.74, 6) is -2.96. The quantitative estimate of drug-likeness (QED) is 0.608. The molecule has 0 spiro atoms. The molecule has 1 aliphatic carbocycles. The first-order chi connectivity index (χ1) is 5.63. The summed E-state index contributed by atoms with van der Waals surface area (Å²) >= 11 is 0. The molecule has 70 valence electrons. The normalized spacial score (nSPS) is 21.2. The zero-order chi connectivity index (χ0) is 9.14. The summed E-state index contributed by atoms with van der Waals surface area (Å²) in [6, 6.07) is 0. The highest BCUT2D eigenvalue weighted by atomic mass is 24.3. The predicted octanol–water partition coefficient (Wildman–Crippen LogP) is -0.0341. The summed E-state index contributed by atoms with van der Waals surface area (Å²) in [6.45, 7) is 0. The first-order valence-electron chi connectivity index (χ1n) is 3.79. The monoisotopic (exact) mass is 196 g/mol. The van der Waals surface area contributed by atoms with Crippen LogP contribution in [0.1, 0.15) is 19.3 Å². The van der Waals surface area contributed by atoms with E-state index >= 15 is 0 Å². The summed E-state index contributed by atoms with van der Waals surface area (Å²) in [5, 5.41) is 17.3. The van der Waals surface area contributed by atoms with Gasteiger partial charge >= 0.3 is 35.0 Å². The van der Waals surface area contributed by atoms with Crippen molar-refractivity contribution in [2.75, 3.05) is 0 Å². The number of aliphatic carboxylic acids is 2. The Bertz CT molecular complexity index is 247. The molecule has 1 atom stereocenters. The smallest absolute Gasteiger partial charge is 0.332 e. The van der Waals surface area contributed by atoms with Gasteiger partial charge in [-0.1, -0.05) is 6.08 Å². The number of rotatable bonds is 2. The van der Waals surface area contributed by atoms with Crippen molar-refractivity contribution in [2.45, 2.75) is 19.3 Å². The average molecular weight is 196 g/mol. The highest BCUT2D eigenvalue weighted by molar-refractivity contribution is 5.94. The molecule has 13 heavy (non-hydrogen) atoms. The van der Waals surface area contributed by atoms with Crippen molar-refractivity contribution in [1.82, 2.24) is 0 Å². The van der Waals surface area contributed by atoms with Crippen molar-refractivity contribution in [3.05, 3.63) is 11.6 Å². The topological polar surface area (TPSA) is 74.6 Å². The SMILES string of the molecule is O=C(O)C1=CCCCC1C(=O)O.[MgH2]. The lowest BCUT2D eigenvalue weighted by molar-refractivity contribution is -0.144. The van der Waals surface area contributed by atoms with E-state index in [9.17, 15) is 9.59 Å². The van der Waals surface area contributed by atoms with E-state index in [4.69, 9.17) is 10.2 Å².